The van der Waals surface area contributed by atoms with Crippen LogP contribution < -0.4 is 5.32 Å². The number of amides is 1. The SMILES string of the molecule is Cc1ccsc1C=C1SC(=Nc2cccc(C(F)(F)F)c2)NC1=O. The fourth-order valence-electron chi connectivity index (χ4n) is 2.00. The molecule has 1 saturated heterocycles. The zero-order chi connectivity index (χ0) is 17.3. The third-order valence-electron chi connectivity index (χ3n) is 3.22. The molecule has 1 fully saturated rings. The van der Waals surface area contributed by atoms with E-state index < -0.39 is 11.7 Å². The molecule has 1 aliphatic heterocycles. The number of carbonyl (C=O) groups excluding carboxylic acids is 1. The summed E-state index contributed by atoms with van der Waals surface area (Å²) in [5.41, 5.74) is 0.425. The Morgan fingerprint density at radius 3 is 2.71 bits per heavy atom. The molecule has 2 aromatic rings. The van der Waals surface area contributed by atoms with Crippen molar-refractivity contribution in [2.45, 2.75) is 13.1 Å². The van der Waals surface area contributed by atoms with E-state index in [-0.39, 0.29) is 16.8 Å². The van der Waals surface area contributed by atoms with Crippen molar-refractivity contribution in [1.82, 2.24) is 5.32 Å². The normalized spacial score (nSPS) is 18.4. The van der Waals surface area contributed by atoms with Crippen LogP contribution in [0, 0.1) is 6.92 Å². The van der Waals surface area contributed by atoms with Crippen LogP contribution in [0.15, 0.2) is 45.6 Å². The Hall–Kier alpha value is -2.06. The number of hydrogen-bond donors (Lipinski definition) is 1. The van der Waals surface area contributed by atoms with Crippen LogP contribution in [0.25, 0.3) is 6.08 Å². The Morgan fingerprint density at radius 2 is 2.04 bits per heavy atom. The molecule has 24 heavy (non-hydrogen) atoms. The van der Waals surface area contributed by atoms with E-state index in [4.69, 9.17) is 0 Å². The van der Waals surface area contributed by atoms with Crippen LogP contribution in [0.3, 0.4) is 0 Å². The lowest BCUT2D eigenvalue weighted by Gasteiger charge is -2.06. The third kappa shape index (κ3) is 3.70. The van der Waals surface area contributed by atoms with Crippen molar-refractivity contribution in [3.05, 3.63) is 56.6 Å². The van der Waals surface area contributed by atoms with Gasteiger partial charge in [0.25, 0.3) is 5.91 Å². The number of aryl methyl sites for hydroxylation is 1. The molecule has 1 aromatic carbocycles. The second-order valence-electron chi connectivity index (χ2n) is 5.00. The Kier molecular flexibility index (Phi) is 4.51. The molecule has 0 bridgehead atoms. The van der Waals surface area contributed by atoms with Crippen molar-refractivity contribution in [1.29, 1.82) is 0 Å². The minimum Gasteiger partial charge on any atom is -0.300 e. The van der Waals surface area contributed by atoms with Gasteiger partial charge in [0.05, 0.1) is 16.2 Å². The highest BCUT2D eigenvalue weighted by Gasteiger charge is 2.30. The quantitative estimate of drug-likeness (QED) is 0.761. The van der Waals surface area contributed by atoms with Crippen molar-refractivity contribution in [3.8, 4) is 0 Å². The highest BCUT2D eigenvalue weighted by atomic mass is 32.2. The molecular weight excluding hydrogens is 357 g/mol. The molecule has 0 spiro atoms. The molecule has 3 rings (SSSR count). The average molecular weight is 368 g/mol. The first-order chi connectivity index (χ1) is 11.3. The molecule has 1 aliphatic rings. The van der Waals surface area contributed by atoms with E-state index in [2.05, 4.69) is 10.3 Å². The molecule has 2 heterocycles. The van der Waals surface area contributed by atoms with E-state index in [0.717, 1.165) is 34.3 Å². The van der Waals surface area contributed by atoms with Crippen LogP contribution in [0.2, 0.25) is 0 Å². The monoisotopic (exact) mass is 368 g/mol. The van der Waals surface area contributed by atoms with E-state index in [0.29, 0.717) is 4.91 Å². The summed E-state index contributed by atoms with van der Waals surface area (Å²) in [7, 11) is 0. The first-order valence-corrected chi connectivity index (χ1v) is 8.53. The third-order valence-corrected chi connectivity index (χ3v) is 5.09. The fourth-order valence-corrected chi connectivity index (χ4v) is 3.76. The Bertz CT molecular complexity index is 853. The number of amidine groups is 1. The maximum absolute atomic E-state index is 12.7. The molecule has 0 radical (unpaired) electrons. The predicted octanol–water partition coefficient (Wildman–Crippen LogP) is 4.97. The zero-order valence-corrected chi connectivity index (χ0v) is 14.0. The molecule has 1 N–H and O–H groups in total. The summed E-state index contributed by atoms with van der Waals surface area (Å²) in [6.07, 6.45) is -2.67. The Balaban J connectivity index is 1.85. The minimum atomic E-state index is -4.43. The van der Waals surface area contributed by atoms with Gasteiger partial charge >= 0.3 is 6.18 Å². The molecule has 0 aliphatic carbocycles. The lowest BCUT2D eigenvalue weighted by atomic mass is 10.2. The number of carbonyl (C=O) groups is 1. The molecule has 1 amide bonds. The molecule has 1 aromatic heterocycles. The topological polar surface area (TPSA) is 41.5 Å². The average Bonchev–Trinajstić information content (AvgIpc) is 3.06. The summed E-state index contributed by atoms with van der Waals surface area (Å²) >= 11 is 2.62. The highest BCUT2D eigenvalue weighted by Crippen LogP contribution is 2.33. The summed E-state index contributed by atoms with van der Waals surface area (Å²) in [5, 5.41) is 4.76. The number of hydrogen-bond acceptors (Lipinski definition) is 4. The van der Waals surface area contributed by atoms with Gasteiger partial charge in [0.1, 0.15) is 0 Å². The second kappa shape index (κ2) is 6.45. The maximum Gasteiger partial charge on any atom is 0.416 e. The number of aliphatic imine (C=N–C) groups is 1. The van der Waals surface area contributed by atoms with Gasteiger partial charge in [-0.25, -0.2) is 4.99 Å². The van der Waals surface area contributed by atoms with Gasteiger partial charge in [0.2, 0.25) is 0 Å². The van der Waals surface area contributed by atoms with Crippen LogP contribution >= 0.6 is 23.1 Å². The number of rotatable bonds is 2. The van der Waals surface area contributed by atoms with Gasteiger partial charge in [0, 0.05) is 4.88 Å². The Morgan fingerprint density at radius 1 is 1.25 bits per heavy atom. The molecule has 0 unspecified atom stereocenters. The zero-order valence-electron chi connectivity index (χ0n) is 12.3. The summed E-state index contributed by atoms with van der Waals surface area (Å²) < 4.78 is 38.2. The van der Waals surface area contributed by atoms with Gasteiger partial charge in [0.15, 0.2) is 5.17 Å². The number of halogens is 3. The lowest BCUT2D eigenvalue weighted by Crippen LogP contribution is -2.19. The largest absolute Gasteiger partial charge is 0.416 e. The smallest absolute Gasteiger partial charge is 0.300 e. The predicted molar refractivity (Wildman–Crippen MR) is 91.3 cm³/mol. The second-order valence-corrected chi connectivity index (χ2v) is 6.98. The van der Waals surface area contributed by atoms with Gasteiger partial charge in [-0.2, -0.15) is 13.2 Å². The van der Waals surface area contributed by atoms with E-state index in [1.54, 1.807) is 6.08 Å². The van der Waals surface area contributed by atoms with E-state index in [1.165, 1.54) is 23.5 Å². The van der Waals surface area contributed by atoms with Crippen molar-refractivity contribution in [3.63, 3.8) is 0 Å². The summed E-state index contributed by atoms with van der Waals surface area (Å²) in [6, 6.07) is 6.63. The standard InChI is InChI=1S/C16H11F3N2OS2/c1-9-5-6-23-12(9)8-13-14(22)21-15(24-13)20-11-4-2-3-10(7-11)16(17,18)19/h2-8H,1H3,(H,20,21,22). The summed E-state index contributed by atoms with van der Waals surface area (Å²) in [5.74, 6) is -0.307. The van der Waals surface area contributed by atoms with E-state index >= 15 is 0 Å². The van der Waals surface area contributed by atoms with Crippen LogP contribution in [-0.4, -0.2) is 11.1 Å². The van der Waals surface area contributed by atoms with E-state index in [1.807, 2.05) is 18.4 Å². The number of thiophene rings is 1. The van der Waals surface area contributed by atoms with Crippen LogP contribution in [-0.2, 0) is 11.0 Å². The van der Waals surface area contributed by atoms with Crippen LogP contribution in [0.5, 0.6) is 0 Å². The van der Waals surface area contributed by atoms with Crippen molar-refractivity contribution in [2.75, 3.05) is 0 Å². The number of nitrogens with one attached hydrogen (secondary N) is 1. The number of alkyl halides is 3. The minimum absolute atomic E-state index is 0.140. The van der Waals surface area contributed by atoms with Crippen molar-refractivity contribution in [2.24, 2.45) is 4.99 Å². The van der Waals surface area contributed by atoms with Gasteiger partial charge in [-0.05, 0) is 60.0 Å². The highest BCUT2D eigenvalue weighted by molar-refractivity contribution is 8.18. The van der Waals surface area contributed by atoms with E-state index in [9.17, 15) is 18.0 Å². The van der Waals surface area contributed by atoms with Crippen molar-refractivity contribution < 1.29 is 18.0 Å². The maximum atomic E-state index is 12.7. The molecule has 0 atom stereocenters. The van der Waals surface area contributed by atoms with Crippen LogP contribution in [0.1, 0.15) is 16.0 Å². The Labute approximate surface area is 144 Å². The first-order valence-electron chi connectivity index (χ1n) is 6.84. The van der Waals surface area contributed by atoms with Gasteiger partial charge in [-0.15, -0.1) is 11.3 Å². The molecule has 8 heteroatoms. The molecule has 124 valence electrons. The first kappa shape index (κ1) is 16.8. The van der Waals surface area contributed by atoms with Gasteiger partial charge < -0.3 is 5.32 Å². The lowest BCUT2D eigenvalue weighted by molar-refractivity contribution is -0.137. The van der Waals surface area contributed by atoms with Gasteiger partial charge in [-0.3, -0.25) is 4.79 Å². The van der Waals surface area contributed by atoms with Crippen LogP contribution in [0.4, 0.5) is 18.9 Å². The fraction of sp³-hybridized carbons (Fsp3) is 0.125. The summed E-state index contributed by atoms with van der Waals surface area (Å²) in [6.45, 7) is 1.94. The molecular formula is C16H11F3N2OS2. The van der Waals surface area contributed by atoms with Gasteiger partial charge in [-0.1, -0.05) is 6.07 Å². The number of nitrogens with zero attached hydrogens (tertiary/aromatic N) is 1. The molecule has 3 nitrogen and oxygen atoms in total. The number of benzene rings is 1. The summed E-state index contributed by atoms with van der Waals surface area (Å²) in [4.78, 5) is 17.5. The van der Waals surface area contributed by atoms with Crippen molar-refractivity contribution >= 4 is 45.9 Å². The molecule has 0 saturated carbocycles. The number of thioether (sulfide) groups is 1.